The Balaban J connectivity index is 2.18. The molecule has 0 fully saturated rings. The van der Waals surface area contributed by atoms with E-state index in [0.29, 0.717) is 13.2 Å². The molecule has 0 saturated heterocycles. The molecule has 16 heavy (non-hydrogen) atoms. The van der Waals surface area contributed by atoms with Crippen LogP contribution in [-0.2, 0) is 4.74 Å². The van der Waals surface area contributed by atoms with Crippen LogP contribution in [-0.4, -0.2) is 19.8 Å². The summed E-state index contributed by atoms with van der Waals surface area (Å²) in [6.07, 6.45) is 4.10. The molecule has 0 heterocycles. The standard InChI is InChI=1S/C14H20O2/c1-3-5-9-15-10-11-16-14-8-6-7-13(4-2)12-14/h4,6-8,12H,2-3,5,9-11H2,1H3. The zero-order valence-corrected chi connectivity index (χ0v) is 9.95. The SMILES string of the molecule is C=Cc1cccc(OCCOCCCC)c1. The van der Waals surface area contributed by atoms with Crippen molar-refractivity contribution in [2.45, 2.75) is 19.8 Å². The third-order valence-corrected chi connectivity index (χ3v) is 2.23. The second-order valence-corrected chi connectivity index (χ2v) is 3.59. The first-order valence-corrected chi connectivity index (χ1v) is 5.80. The van der Waals surface area contributed by atoms with Crippen molar-refractivity contribution in [3.8, 4) is 5.75 Å². The molecule has 2 heteroatoms. The zero-order valence-electron chi connectivity index (χ0n) is 9.95. The van der Waals surface area contributed by atoms with Gasteiger partial charge in [0, 0.05) is 6.61 Å². The minimum atomic E-state index is 0.601. The van der Waals surface area contributed by atoms with E-state index >= 15 is 0 Å². The Labute approximate surface area is 97.9 Å². The largest absolute Gasteiger partial charge is 0.491 e. The first-order valence-electron chi connectivity index (χ1n) is 5.80. The third-order valence-electron chi connectivity index (χ3n) is 2.23. The predicted octanol–water partition coefficient (Wildman–Crippen LogP) is 3.53. The van der Waals surface area contributed by atoms with Crippen LogP contribution in [0, 0.1) is 0 Å². The maximum atomic E-state index is 5.56. The van der Waals surface area contributed by atoms with Gasteiger partial charge < -0.3 is 9.47 Å². The van der Waals surface area contributed by atoms with Gasteiger partial charge in [-0.05, 0) is 24.1 Å². The molecule has 0 aliphatic carbocycles. The Kier molecular flexibility index (Phi) is 6.35. The Bertz CT molecular complexity index is 307. The van der Waals surface area contributed by atoms with Gasteiger partial charge in [0.25, 0.3) is 0 Å². The number of benzene rings is 1. The first-order chi connectivity index (χ1) is 7.86. The van der Waals surface area contributed by atoms with Crippen LogP contribution >= 0.6 is 0 Å². The number of rotatable bonds is 8. The van der Waals surface area contributed by atoms with E-state index in [-0.39, 0.29) is 0 Å². The van der Waals surface area contributed by atoms with Gasteiger partial charge in [0.05, 0.1) is 6.61 Å². The lowest BCUT2D eigenvalue weighted by Gasteiger charge is -2.07. The molecular formula is C14H20O2. The van der Waals surface area contributed by atoms with E-state index in [4.69, 9.17) is 9.47 Å². The lowest BCUT2D eigenvalue weighted by Crippen LogP contribution is -2.07. The molecule has 0 aliphatic rings. The first kappa shape index (κ1) is 12.8. The summed E-state index contributed by atoms with van der Waals surface area (Å²) in [4.78, 5) is 0. The number of hydrogen-bond donors (Lipinski definition) is 0. The van der Waals surface area contributed by atoms with Gasteiger partial charge in [0.15, 0.2) is 0 Å². The number of hydrogen-bond acceptors (Lipinski definition) is 2. The monoisotopic (exact) mass is 220 g/mol. The summed E-state index contributed by atoms with van der Waals surface area (Å²) >= 11 is 0. The zero-order chi connectivity index (χ0) is 11.6. The molecule has 1 aromatic rings. The van der Waals surface area contributed by atoms with Crippen LogP contribution in [0.2, 0.25) is 0 Å². The molecule has 88 valence electrons. The van der Waals surface area contributed by atoms with E-state index in [9.17, 15) is 0 Å². The van der Waals surface area contributed by atoms with Gasteiger partial charge >= 0.3 is 0 Å². The van der Waals surface area contributed by atoms with Gasteiger partial charge in [0.1, 0.15) is 12.4 Å². The fourth-order valence-electron chi connectivity index (χ4n) is 1.30. The van der Waals surface area contributed by atoms with Gasteiger partial charge in [-0.2, -0.15) is 0 Å². The summed E-state index contributed by atoms with van der Waals surface area (Å²) in [6.45, 7) is 7.95. The Morgan fingerprint density at radius 2 is 2.12 bits per heavy atom. The fourth-order valence-corrected chi connectivity index (χ4v) is 1.30. The normalized spacial score (nSPS) is 10.1. The van der Waals surface area contributed by atoms with Gasteiger partial charge in [-0.25, -0.2) is 0 Å². The second-order valence-electron chi connectivity index (χ2n) is 3.59. The maximum Gasteiger partial charge on any atom is 0.120 e. The summed E-state index contributed by atoms with van der Waals surface area (Å²) in [5.74, 6) is 0.872. The van der Waals surface area contributed by atoms with E-state index < -0.39 is 0 Å². The maximum absolute atomic E-state index is 5.56. The average molecular weight is 220 g/mol. The van der Waals surface area contributed by atoms with Crippen molar-refractivity contribution in [2.24, 2.45) is 0 Å². The minimum absolute atomic E-state index is 0.601. The molecule has 0 bridgehead atoms. The van der Waals surface area contributed by atoms with Crippen molar-refractivity contribution in [2.75, 3.05) is 19.8 Å². The molecule has 0 unspecified atom stereocenters. The highest BCUT2D eigenvalue weighted by Gasteiger charge is 1.94. The summed E-state index contributed by atoms with van der Waals surface area (Å²) < 4.78 is 11.0. The molecule has 1 aromatic carbocycles. The summed E-state index contributed by atoms with van der Waals surface area (Å²) in [5, 5.41) is 0. The van der Waals surface area contributed by atoms with Gasteiger partial charge in [-0.1, -0.05) is 38.1 Å². The van der Waals surface area contributed by atoms with Gasteiger partial charge in [-0.3, -0.25) is 0 Å². The van der Waals surface area contributed by atoms with E-state index in [1.807, 2.05) is 30.3 Å². The molecule has 0 aliphatic heterocycles. The highest BCUT2D eigenvalue weighted by molar-refractivity contribution is 5.49. The minimum Gasteiger partial charge on any atom is -0.491 e. The van der Waals surface area contributed by atoms with Crippen LogP contribution in [0.1, 0.15) is 25.3 Å². The number of ether oxygens (including phenoxy) is 2. The van der Waals surface area contributed by atoms with Crippen LogP contribution in [0.15, 0.2) is 30.8 Å². The summed E-state index contributed by atoms with van der Waals surface area (Å²) in [5.41, 5.74) is 1.07. The van der Waals surface area contributed by atoms with Crippen molar-refractivity contribution in [1.29, 1.82) is 0 Å². The Hall–Kier alpha value is -1.28. The summed E-state index contributed by atoms with van der Waals surface area (Å²) in [6, 6.07) is 7.87. The van der Waals surface area contributed by atoms with Crippen molar-refractivity contribution < 1.29 is 9.47 Å². The molecule has 0 N–H and O–H groups in total. The van der Waals surface area contributed by atoms with Crippen LogP contribution in [0.3, 0.4) is 0 Å². The third kappa shape index (κ3) is 4.99. The van der Waals surface area contributed by atoms with Crippen molar-refractivity contribution in [3.63, 3.8) is 0 Å². The lowest BCUT2D eigenvalue weighted by atomic mass is 10.2. The molecule has 0 aromatic heterocycles. The predicted molar refractivity (Wildman–Crippen MR) is 67.8 cm³/mol. The molecule has 0 atom stereocenters. The molecule has 0 amide bonds. The molecular weight excluding hydrogens is 200 g/mol. The molecule has 2 nitrogen and oxygen atoms in total. The summed E-state index contributed by atoms with van der Waals surface area (Å²) in [7, 11) is 0. The van der Waals surface area contributed by atoms with Crippen molar-refractivity contribution in [3.05, 3.63) is 36.4 Å². The fraction of sp³-hybridized carbons (Fsp3) is 0.429. The molecule has 0 saturated carbocycles. The van der Waals surface area contributed by atoms with Gasteiger partial charge in [0.2, 0.25) is 0 Å². The van der Waals surface area contributed by atoms with E-state index in [1.165, 1.54) is 6.42 Å². The highest BCUT2D eigenvalue weighted by Crippen LogP contribution is 2.13. The Morgan fingerprint density at radius 3 is 2.88 bits per heavy atom. The van der Waals surface area contributed by atoms with Crippen LogP contribution in [0.5, 0.6) is 5.75 Å². The quantitative estimate of drug-likeness (QED) is 0.624. The second kappa shape index (κ2) is 7.94. The molecule has 0 spiro atoms. The van der Waals surface area contributed by atoms with Crippen LogP contribution < -0.4 is 4.74 Å². The smallest absolute Gasteiger partial charge is 0.120 e. The molecule has 1 rings (SSSR count). The highest BCUT2D eigenvalue weighted by atomic mass is 16.5. The average Bonchev–Trinajstić information content (AvgIpc) is 2.34. The van der Waals surface area contributed by atoms with Crippen molar-refractivity contribution in [1.82, 2.24) is 0 Å². The van der Waals surface area contributed by atoms with E-state index in [1.54, 1.807) is 0 Å². The topological polar surface area (TPSA) is 18.5 Å². The van der Waals surface area contributed by atoms with Crippen LogP contribution in [0.25, 0.3) is 6.08 Å². The van der Waals surface area contributed by atoms with Gasteiger partial charge in [-0.15, -0.1) is 0 Å². The van der Waals surface area contributed by atoms with Crippen molar-refractivity contribution >= 4 is 6.08 Å². The molecule has 0 radical (unpaired) electrons. The Morgan fingerprint density at radius 1 is 1.25 bits per heavy atom. The lowest BCUT2D eigenvalue weighted by molar-refractivity contribution is 0.0980. The van der Waals surface area contributed by atoms with Crippen LogP contribution in [0.4, 0.5) is 0 Å². The van der Waals surface area contributed by atoms with E-state index in [0.717, 1.165) is 24.3 Å². The van der Waals surface area contributed by atoms with E-state index in [2.05, 4.69) is 13.5 Å². The number of unbranched alkanes of at least 4 members (excludes halogenated alkanes) is 1.